The first-order valence-corrected chi connectivity index (χ1v) is 10.1. The smallest absolute Gasteiger partial charge is 0.253 e. The number of rotatable bonds is 3. The summed E-state index contributed by atoms with van der Waals surface area (Å²) in [4.78, 5) is 36.0. The van der Waals surface area contributed by atoms with Crippen LogP contribution < -0.4 is 4.90 Å². The highest BCUT2D eigenvalue weighted by atomic mass is 16.2. The van der Waals surface area contributed by atoms with Crippen LogP contribution in [0.1, 0.15) is 40.0 Å². The Hall–Kier alpha value is -2.89. The molecule has 0 atom stereocenters. The van der Waals surface area contributed by atoms with Gasteiger partial charge in [-0.2, -0.15) is 0 Å². The summed E-state index contributed by atoms with van der Waals surface area (Å²) < 4.78 is 0. The second kappa shape index (κ2) is 8.42. The standard InChI is InChI=1S/C22H26N4O2/c27-21(25-11-4-1-5-12-25)18-7-6-8-19(17-18)22(28)26-15-13-24(14-16-26)20-9-2-3-10-23-20/h2-3,6-10,17H,1,4-5,11-16H2. The van der Waals surface area contributed by atoms with Crippen LogP contribution in [0.4, 0.5) is 5.82 Å². The van der Waals surface area contributed by atoms with Gasteiger partial charge >= 0.3 is 0 Å². The molecule has 2 aliphatic heterocycles. The van der Waals surface area contributed by atoms with Gasteiger partial charge in [0.15, 0.2) is 0 Å². The van der Waals surface area contributed by atoms with Crippen LogP contribution in [0.3, 0.4) is 0 Å². The molecule has 0 spiro atoms. The molecule has 0 radical (unpaired) electrons. The minimum atomic E-state index is -0.00559. The molecule has 2 fully saturated rings. The molecule has 2 aromatic rings. The van der Waals surface area contributed by atoms with Crippen molar-refractivity contribution in [3.63, 3.8) is 0 Å². The van der Waals surface area contributed by atoms with Crippen LogP contribution in [0.15, 0.2) is 48.7 Å². The number of hydrogen-bond donors (Lipinski definition) is 0. The number of piperidine rings is 1. The molecule has 0 saturated carbocycles. The maximum absolute atomic E-state index is 13.0. The van der Waals surface area contributed by atoms with E-state index in [2.05, 4.69) is 9.88 Å². The molecule has 6 heteroatoms. The quantitative estimate of drug-likeness (QED) is 0.824. The lowest BCUT2D eigenvalue weighted by atomic mass is 10.1. The van der Waals surface area contributed by atoms with Crippen LogP contribution >= 0.6 is 0 Å². The van der Waals surface area contributed by atoms with Crippen molar-refractivity contribution >= 4 is 17.6 Å². The first-order chi connectivity index (χ1) is 13.7. The van der Waals surface area contributed by atoms with E-state index in [4.69, 9.17) is 0 Å². The van der Waals surface area contributed by atoms with Crippen LogP contribution in [0.25, 0.3) is 0 Å². The molecule has 28 heavy (non-hydrogen) atoms. The number of piperazine rings is 1. The van der Waals surface area contributed by atoms with Gasteiger partial charge in [-0.3, -0.25) is 9.59 Å². The van der Waals surface area contributed by atoms with Crippen LogP contribution in [-0.4, -0.2) is 65.9 Å². The monoisotopic (exact) mass is 378 g/mol. The Morgan fingerprint density at radius 3 is 1.96 bits per heavy atom. The Morgan fingerprint density at radius 2 is 1.36 bits per heavy atom. The molecule has 146 valence electrons. The zero-order valence-electron chi connectivity index (χ0n) is 16.1. The van der Waals surface area contributed by atoms with E-state index in [1.165, 1.54) is 6.42 Å². The summed E-state index contributed by atoms with van der Waals surface area (Å²) in [6, 6.07) is 13.1. The summed E-state index contributed by atoms with van der Waals surface area (Å²) in [5.74, 6) is 0.979. The number of benzene rings is 1. The van der Waals surface area contributed by atoms with Gasteiger partial charge in [0.05, 0.1) is 0 Å². The topological polar surface area (TPSA) is 56.8 Å². The van der Waals surface area contributed by atoms with Crippen molar-refractivity contribution in [3.8, 4) is 0 Å². The van der Waals surface area contributed by atoms with Gasteiger partial charge in [-0.25, -0.2) is 4.98 Å². The molecule has 0 unspecified atom stereocenters. The molecule has 2 amide bonds. The van der Waals surface area contributed by atoms with E-state index in [-0.39, 0.29) is 11.8 Å². The molecule has 3 heterocycles. The average Bonchev–Trinajstić information content (AvgIpc) is 2.79. The molecule has 2 aliphatic rings. The van der Waals surface area contributed by atoms with E-state index >= 15 is 0 Å². The average molecular weight is 378 g/mol. The predicted octanol–water partition coefficient (Wildman–Crippen LogP) is 2.67. The number of nitrogens with zero attached hydrogens (tertiary/aromatic N) is 4. The normalized spacial score (nSPS) is 17.5. The summed E-state index contributed by atoms with van der Waals surface area (Å²) in [5.41, 5.74) is 1.20. The molecule has 0 aliphatic carbocycles. The zero-order chi connectivity index (χ0) is 19.3. The van der Waals surface area contributed by atoms with Gasteiger partial charge in [-0.05, 0) is 49.6 Å². The van der Waals surface area contributed by atoms with Gasteiger partial charge in [-0.1, -0.05) is 12.1 Å². The Morgan fingerprint density at radius 1 is 0.714 bits per heavy atom. The molecule has 2 saturated heterocycles. The van der Waals surface area contributed by atoms with E-state index in [0.717, 1.165) is 44.8 Å². The second-order valence-corrected chi connectivity index (χ2v) is 7.40. The second-order valence-electron chi connectivity index (χ2n) is 7.40. The van der Waals surface area contributed by atoms with Crippen LogP contribution in [0.2, 0.25) is 0 Å². The Balaban J connectivity index is 1.40. The van der Waals surface area contributed by atoms with Gasteiger partial charge in [0.1, 0.15) is 5.82 Å². The number of hydrogen-bond acceptors (Lipinski definition) is 4. The van der Waals surface area contributed by atoms with Crippen molar-refractivity contribution in [2.75, 3.05) is 44.2 Å². The maximum atomic E-state index is 13.0. The summed E-state index contributed by atoms with van der Waals surface area (Å²) in [6.45, 7) is 4.45. The molecule has 1 aromatic carbocycles. The summed E-state index contributed by atoms with van der Waals surface area (Å²) in [6.07, 6.45) is 5.10. The Bertz CT molecular complexity index is 825. The van der Waals surface area contributed by atoms with E-state index in [9.17, 15) is 9.59 Å². The molecule has 0 N–H and O–H groups in total. The fraction of sp³-hybridized carbons (Fsp3) is 0.409. The van der Waals surface area contributed by atoms with Gasteiger partial charge < -0.3 is 14.7 Å². The number of amides is 2. The fourth-order valence-corrected chi connectivity index (χ4v) is 3.93. The van der Waals surface area contributed by atoms with Gasteiger partial charge in [0.2, 0.25) is 0 Å². The lowest BCUT2D eigenvalue weighted by molar-refractivity contribution is 0.0724. The minimum Gasteiger partial charge on any atom is -0.353 e. The Labute approximate surface area is 165 Å². The lowest BCUT2D eigenvalue weighted by Gasteiger charge is -2.35. The fourth-order valence-electron chi connectivity index (χ4n) is 3.93. The molecule has 6 nitrogen and oxygen atoms in total. The van der Waals surface area contributed by atoms with E-state index in [1.807, 2.05) is 40.1 Å². The summed E-state index contributed by atoms with van der Waals surface area (Å²) in [5, 5.41) is 0. The highest BCUT2D eigenvalue weighted by Gasteiger charge is 2.24. The third kappa shape index (κ3) is 4.01. The van der Waals surface area contributed by atoms with E-state index < -0.39 is 0 Å². The molecule has 0 bridgehead atoms. The van der Waals surface area contributed by atoms with Crippen molar-refractivity contribution in [1.82, 2.24) is 14.8 Å². The van der Waals surface area contributed by atoms with Crippen molar-refractivity contribution in [2.24, 2.45) is 0 Å². The largest absolute Gasteiger partial charge is 0.353 e. The number of carbonyl (C=O) groups excluding carboxylic acids is 2. The minimum absolute atomic E-state index is 0.00559. The third-order valence-corrected chi connectivity index (χ3v) is 5.54. The van der Waals surface area contributed by atoms with Crippen LogP contribution in [0.5, 0.6) is 0 Å². The van der Waals surface area contributed by atoms with Crippen LogP contribution in [0, 0.1) is 0 Å². The molecule has 1 aromatic heterocycles. The van der Waals surface area contributed by atoms with Gasteiger partial charge in [0.25, 0.3) is 11.8 Å². The van der Waals surface area contributed by atoms with Crippen molar-refractivity contribution < 1.29 is 9.59 Å². The van der Waals surface area contributed by atoms with Crippen LogP contribution in [-0.2, 0) is 0 Å². The first kappa shape index (κ1) is 18.5. The molecular weight excluding hydrogens is 352 g/mol. The number of anilines is 1. The van der Waals surface area contributed by atoms with E-state index in [1.54, 1.807) is 18.3 Å². The predicted molar refractivity (Wildman–Crippen MR) is 109 cm³/mol. The van der Waals surface area contributed by atoms with E-state index in [0.29, 0.717) is 24.2 Å². The first-order valence-electron chi connectivity index (χ1n) is 10.1. The van der Waals surface area contributed by atoms with Gasteiger partial charge in [-0.15, -0.1) is 0 Å². The Kier molecular flexibility index (Phi) is 5.55. The van der Waals surface area contributed by atoms with Crippen molar-refractivity contribution in [3.05, 3.63) is 59.8 Å². The number of likely N-dealkylation sites (tertiary alicyclic amines) is 1. The number of carbonyl (C=O) groups is 2. The highest BCUT2D eigenvalue weighted by Crippen LogP contribution is 2.17. The highest BCUT2D eigenvalue weighted by molar-refractivity contribution is 5.99. The number of aromatic nitrogens is 1. The van der Waals surface area contributed by atoms with Gasteiger partial charge in [0, 0.05) is 56.6 Å². The SMILES string of the molecule is O=C(c1cccc(C(=O)N2CCN(c3ccccn3)CC2)c1)N1CCCCC1. The number of pyridine rings is 1. The van der Waals surface area contributed by atoms with Crippen molar-refractivity contribution in [2.45, 2.75) is 19.3 Å². The lowest BCUT2D eigenvalue weighted by Crippen LogP contribution is -2.49. The molecule has 4 rings (SSSR count). The third-order valence-electron chi connectivity index (χ3n) is 5.54. The molecular formula is C22H26N4O2. The summed E-state index contributed by atoms with van der Waals surface area (Å²) >= 11 is 0. The zero-order valence-corrected chi connectivity index (χ0v) is 16.1. The van der Waals surface area contributed by atoms with Crippen molar-refractivity contribution in [1.29, 1.82) is 0 Å². The maximum Gasteiger partial charge on any atom is 0.253 e. The summed E-state index contributed by atoms with van der Waals surface area (Å²) in [7, 11) is 0.